The third kappa shape index (κ3) is 6.64. The molecule has 3 aromatic rings. The summed E-state index contributed by atoms with van der Waals surface area (Å²) in [5, 5.41) is 2.04. The maximum Gasteiger partial charge on any atom is 2.00 e. The molecular formula is C32H35O6PPdS. The van der Waals surface area contributed by atoms with Gasteiger partial charge in [-0.15, -0.1) is 0 Å². The third-order valence-corrected chi connectivity index (χ3v) is 11.7. The Labute approximate surface area is 258 Å². The fourth-order valence-electron chi connectivity index (χ4n) is 6.46. The first-order valence-electron chi connectivity index (χ1n) is 13.6. The molecule has 0 amide bonds. The van der Waals surface area contributed by atoms with E-state index < -0.39 is 18.0 Å². The maximum absolute atomic E-state index is 11.9. The van der Waals surface area contributed by atoms with Crippen molar-refractivity contribution in [1.29, 1.82) is 0 Å². The van der Waals surface area contributed by atoms with E-state index in [0.29, 0.717) is 22.9 Å². The number of hydrogen-bond donors (Lipinski definition) is 0. The summed E-state index contributed by atoms with van der Waals surface area (Å²) in [6.45, 7) is 2.97. The van der Waals surface area contributed by atoms with Crippen molar-refractivity contribution in [2.75, 3.05) is 20.8 Å². The fourth-order valence-corrected chi connectivity index (χ4v) is 10.2. The number of benzene rings is 3. The number of hydrogen-bond acceptors (Lipinski definition) is 6. The van der Waals surface area contributed by atoms with Crippen molar-refractivity contribution in [3.05, 3.63) is 91.4 Å². The fraction of sp³-hybridized carbons (Fsp3) is 0.344. The van der Waals surface area contributed by atoms with Gasteiger partial charge in [-0.3, -0.25) is 6.42 Å². The molecule has 3 aliphatic rings. The zero-order valence-corrected chi connectivity index (χ0v) is 26.6. The molecule has 41 heavy (non-hydrogen) atoms. The van der Waals surface area contributed by atoms with Gasteiger partial charge in [0.1, 0.15) is 21.6 Å². The van der Waals surface area contributed by atoms with Gasteiger partial charge in [0.2, 0.25) is 0 Å². The van der Waals surface area contributed by atoms with Crippen LogP contribution in [0.15, 0.2) is 89.8 Å². The summed E-state index contributed by atoms with van der Waals surface area (Å²) in [5.41, 5.74) is 0. The van der Waals surface area contributed by atoms with Gasteiger partial charge in [0.05, 0.1) is 19.1 Å². The predicted molar refractivity (Wildman–Crippen MR) is 158 cm³/mol. The number of allylic oxidation sites excluding steroid dienone is 2. The van der Waals surface area contributed by atoms with Crippen molar-refractivity contribution in [3.63, 3.8) is 0 Å². The molecule has 220 valence electrons. The van der Waals surface area contributed by atoms with Gasteiger partial charge in [-0.05, 0) is 51.3 Å². The first-order chi connectivity index (χ1) is 19.4. The van der Waals surface area contributed by atoms with Crippen molar-refractivity contribution in [2.45, 2.75) is 30.8 Å². The summed E-state index contributed by atoms with van der Waals surface area (Å²) in [6, 6.07) is 21.1. The molecule has 2 saturated carbocycles. The Morgan fingerprint density at radius 2 is 1.44 bits per heavy atom. The van der Waals surface area contributed by atoms with Crippen molar-refractivity contribution in [2.24, 2.45) is 23.7 Å². The molecule has 3 aromatic carbocycles. The summed E-state index contributed by atoms with van der Waals surface area (Å²) >= 11 is 0. The SMILES string of the molecule is CCO[C@H]1[CH-][C@H]2C[C@@H]1[C@H]1C=CC[C@H]12.COc1ccccc1P(c1ccccc1OC)c1ccccc1S(=O)(=O)[O-].[Pd+2]. The van der Waals surface area contributed by atoms with Gasteiger partial charge in [-0.1, -0.05) is 85.2 Å². The van der Waals surface area contributed by atoms with Gasteiger partial charge in [0, 0.05) is 22.5 Å². The normalized spacial score (nSPS) is 23.9. The van der Waals surface area contributed by atoms with E-state index >= 15 is 0 Å². The van der Waals surface area contributed by atoms with Crippen molar-refractivity contribution < 1.29 is 47.6 Å². The van der Waals surface area contributed by atoms with Gasteiger partial charge >= 0.3 is 20.4 Å². The van der Waals surface area contributed by atoms with E-state index in [4.69, 9.17) is 14.2 Å². The average Bonchev–Trinajstić information content (AvgIpc) is 3.69. The van der Waals surface area contributed by atoms with Crippen LogP contribution in [-0.4, -0.2) is 39.9 Å². The molecule has 5 atom stereocenters. The Bertz CT molecular complexity index is 1410. The second kappa shape index (κ2) is 14.0. The molecule has 0 radical (unpaired) electrons. The van der Waals surface area contributed by atoms with E-state index in [2.05, 4.69) is 25.5 Å². The van der Waals surface area contributed by atoms with Crippen LogP contribution in [0.4, 0.5) is 0 Å². The van der Waals surface area contributed by atoms with Crippen LogP contribution >= 0.6 is 7.92 Å². The summed E-state index contributed by atoms with van der Waals surface area (Å²) < 4.78 is 52.6. The molecule has 0 saturated heterocycles. The minimum Gasteiger partial charge on any atom is -0.744 e. The summed E-state index contributed by atoms with van der Waals surface area (Å²) in [4.78, 5) is -0.229. The zero-order valence-electron chi connectivity index (χ0n) is 23.3. The largest absolute Gasteiger partial charge is 2.00 e. The summed E-state index contributed by atoms with van der Waals surface area (Å²) in [6.07, 6.45) is 10.5. The van der Waals surface area contributed by atoms with Gasteiger partial charge in [-0.25, -0.2) is 8.42 Å². The Hall–Kier alpha value is -2.04. The first-order valence-corrected chi connectivity index (χ1v) is 16.4. The monoisotopic (exact) mass is 684 g/mol. The molecule has 2 bridgehead atoms. The third-order valence-electron chi connectivity index (χ3n) is 8.10. The van der Waals surface area contributed by atoms with E-state index in [1.165, 1.54) is 18.9 Å². The predicted octanol–water partition coefficient (Wildman–Crippen LogP) is 4.80. The van der Waals surface area contributed by atoms with E-state index in [0.717, 1.165) is 40.9 Å². The Morgan fingerprint density at radius 3 is 2.00 bits per heavy atom. The molecule has 0 aromatic heterocycles. The maximum atomic E-state index is 11.9. The van der Waals surface area contributed by atoms with E-state index in [9.17, 15) is 13.0 Å². The second-order valence-corrected chi connectivity index (χ2v) is 13.6. The molecule has 2 fully saturated rings. The number of para-hydroxylation sites is 2. The average molecular weight is 685 g/mol. The topological polar surface area (TPSA) is 84.9 Å². The van der Waals surface area contributed by atoms with E-state index in [-0.39, 0.29) is 25.3 Å². The van der Waals surface area contributed by atoms with Crippen LogP contribution in [0.1, 0.15) is 19.8 Å². The van der Waals surface area contributed by atoms with Crippen LogP contribution < -0.4 is 25.4 Å². The molecular weight excluding hydrogens is 650 g/mol. The molecule has 6 rings (SSSR count). The molecule has 0 aliphatic heterocycles. The van der Waals surface area contributed by atoms with Gasteiger partial charge in [-0.2, -0.15) is 5.92 Å². The van der Waals surface area contributed by atoms with Crippen LogP contribution in [0.5, 0.6) is 11.5 Å². The van der Waals surface area contributed by atoms with Crippen LogP contribution in [-0.2, 0) is 35.3 Å². The minimum atomic E-state index is -4.65. The smallest absolute Gasteiger partial charge is 0.744 e. The van der Waals surface area contributed by atoms with Gasteiger partial charge in [0.15, 0.2) is 0 Å². The molecule has 9 heteroatoms. The number of rotatable bonds is 8. The Kier molecular flexibility index (Phi) is 10.9. The van der Waals surface area contributed by atoms with Gasteiger partial charge in [0.25, 0.3) is 0 Å². The first kappa shape index (κ1) is 31.9. The van der Waals surface area contributed by atoms with E-state index in [1.54, 1.807) is 32.4 Å². The van der Waals surface area contributed by atoms with Crippen molar-refractivity contribution in [1.82, 2.24) is 0 Å². The van der Waals surface area contributed by atoms with Crippen LogP contribution in [0, 0.1) is 30.1 Å². The summed E-state index contributed by atoms with van der Waals surface area (Å²) in [5.74, 6) is 4.71. The number of methoxy groups -OCH3 is 2. The van der Waals surface area contributed by atoms with Crippen molar-refractivity contribution in [3.8, 4) is 11.5 Å². The number of ether oxygens (including phenoxy) is 3. The summed E-state index contributed by atoms with van der Waals surface area (Å²) in [7, 11) is -2.94. The van der Waals surface area contributed by atoms with Crippen LogP contribution in [0.3, 0.4) is 0 Å². The second-order valence-electron chi connectivity index (χ2n) is 10.2. The Balaban J connectivity index is 0.000000229. The van der Waals surface area contributed by atoms with Crippen LogP contribution in [0.25, 0.3) is 0 Å². The van der Waals surface area contributed by atoms with E-state index in [1.807, 2.05) is 48.5 Å². The molecule has 6 nitrogen and oxygen atoms in total. The molecule has 0 spiro atoms. The zero-order chi connectivity index (χ0) is 28.3. The minimum absolute atomic E-state index is 0. The molecule has 0 heterocycles. The Morgan fingerprint density at radius 1 is 0.878 bits per heavy atom. The molecule has 0 N–H and O–H groups in total. The quantitative estimate of drug-likeness (QED) is 0.112. The standard InChI is InChI=1S/C20H19O5PS.C12H17O.Pd/c1-24-15-9-3-5-11-17(15)26(18-12-6-4-10-16(18)25-2)19-13-7-8-14-20(19)27(21,22)23;1-2-13-12-7-8-6-11(12)10-5-3-4-9(8)10;/h3-14H,1-2H3,(H,21,22,23);3,5,7-12H,2,4,6H2,1H3;/q;-1;+2/p-1/t;8-,9+,10+,11-,12+;/m.1./s1. The van der Waals surface area contributed by atoms with Gasteiger partial charge < -0.3 is 18.8 Å². The molecule has 0 unspecified atom stereocenters. The van der Waals surface area contributed by atoms with Crippen molar-refractivity contribution >= 4 is 34.0 Å². The number of fused-ring (bicyclic) bond motifs is 5. The molecule has 3 aliphatic carbocycles. The van der Waals surface area contributed by atoms with Crippen LogP contribution in [0.2, 0.25) is 0 Å².